The maximum absolute atomic E-state index is 13.2. The molecule has 7 heteroatoms. The van der Waals surface area contributed by atoms with Crippen LogP contribution in [-0.4, -0.2) is 39.9 Å². The van der Waals surface area contributed by atoms with E-state index in [2.05, 4.69) is 5.16 Å². The first-order valence-electron chi connectivity index (χ1n) is 9.93. The minimum atomic E-state index is -0.496. The topological polar surface area (TPSA) is 102 Å². The highest BCUT2D eigenvalue weighted by Crippen LogP contribution is 2.31. The van der Waals surface area contributed by atoms with Gasteiger partial charge < -0.3 is 15.2 Å². The number of primary amides is 1. The number of aromatic nitrogens is 2. The van der Waals surface area contributed by atoms with Crippen LogP contribution in [0.25, 0.3) is 10.9 Å². The molecule has 1 aromatic carbocycles. The summed E-state index contributed by atoms with van der Waals surface area (Å²) in [6.07, 6.45) is 2.28. The Morgan fingerprint density at radius 3 is 2.86 bits per heavy atom. The molecule has 29 heavy (non-hydrogen) atoms. The summed E-state index contributed by atoms with van der Waals surface area (Å²) in [5.41, 5.74) is 8.74. The number of hydrogen-bond donors (Lipinski definition) is 1. The molecule has 1 atom stereocenters. The molecule has 150 valence electrons. The fourth-order valence-corrected chi connectivity index (χ4v) is 4.11. The lowest BCUT2D eigenvalue weighted by Gasteiger charge is -2.33. The van der Waals surface area contributed by atoms with Gasteiger partial charge in [0.2, 0.25) is 0 Å². The van der Waals surface area contributed by atoms with Crippen molar-refractivity contribution < 1.29 is 14.1 Å². The summed E-state index contributed by atoms with van der Waals surface area (Å²) >= 11 is 0. The molecule has 1 saturated heterocycles. The molecule has 0 spiro atoms. The highest BCUT2D eigenvalue weighted by Gasteiger charge is 2.31. The van der Waals surface area contributed by atoms with Gasteiger partial charge in [-0.3, -0.25) is 14.6 Å². The van der Waals surface area contributed by atoms with Crippen molar-refractivity contribution in [2.75, 3.05) is 13.1 Å². The van der Waals surface area contributed by atoms with Gasteiger partial charge in [0, 0.05) is 30.8 Å². The number of carbonyl (C=O) groups is 2. The standard InChI is InChI=1S/C22H24N4O3/c1-3-18-19(13(2)25-29-18)22(28)26-10-6-8-15(12-26)20-16(21(23)27)11-14-7-4-5-9-17(14)24-20/h4-5,7,9,11,15H,3,6,8,10,12H2,1-2H3,(H2,23,27). The zero-order valence-corrected chi connectivity index (χ0v) is 16.6. The van der Waals surface area contributed by atoms with Crippen molar-refractivity contribution in [3.8, 4) is 0 Å². The third kappa shape index (κ3) is 3.48. The molecule has 7 nitrogen and oxygen atoms in total. The first kappa shape index (κ1) is 19.1. The van der Waals surface area contributed by atoms with Gasteiger partial charge in [-0.25, -0.2) is 0 Å². The van der Waals surface area contributed by atoms with E-state index < -0.39 is 5.91 Å². The fraction of sp³-hybridized carbons (Fsp3) is 0.364. The number of carbonyl (C=O) groups excluding carboxylic acids is 2. The van der Waals surface area contributed by atoms with E-state index in [1.165, 1.54) is 0 Å². The number of hydrogen-bond acceptors (Lipinski definition) is 5. The van der Waals surface area contributed by atoms with E-state index in [-0.39, 0.29) is 11.8 Å². The average Bonchev–Trinajstić information content (AvgIpc) is 3.12. The number of fused-ring (bicyclic) bond motifs is 1. The Morgan fingerprint density at radius 2 is 2.10 bits per heavy atom. The van der Waals surface area contributed by atoms with Crippen molar-refractivity contribution >= 4 is 22.7 Å². The second-order valence-electron chi connectivity index (χ2n) is 7.49. The van der Waals surface area contributed by atoms with Crippen molar-refractivity contribution in [3.63, 3.8) is 0 Å². The van der Waals surface area contributed by atoms with Crippen LogP contribution < -0.4 is 5.73 Å². The Balaban J connectivity index is 1.68. The van der Waals surface area contributed by atoms with Crippen LogP contribution in [0.2, 0.25) is 0 Å². The number of amides is 2. The van der Waals surface area contributed by atoms with E-state index in [1.807, 2.05) is 36.1 Å². The molecule has 3 aromatic rings. The lowest BCUT2D eigenvalue weighted by Crippen LogP contribution is -2.40. The van der Waals surface area contributed by atoms with Gasteiger partial charge in [0.15, 0.2) is 0 Å². The van der Waals surface area contributed by atoms with Crippen LogP contribution in [0.5, 0.6) is 0 Å². The first-order valence-corrected chi connectivity index (χ1v) is 9.93. The summed E-state index contributed by atoms with van der Waals surface area (Å²) < 4.78 is 5.30. The Labute approximate surface area is 168 Å². The Hall–Kier alpha value is -3.22. The van der Waals surface area contributed by atoms with Gasteiger partial charge in [0.25, 0.3) is 11.8 Å². The first-order chi connectivity index (χ1) is 14.0. The van der Waals surface area contributed by atoms with Crippen molar-refractivity contribution in [2.45, 2.75) is 39.0 Å². The van der Waals surface area contributed by atoms with Gasteiger partial charge in [-0.15, -0.1) is 0 Å². The number of likely N-dealkylation sites (tertiary alicyclic amines) is 1. The molecule has 2 amide bonds. The molecule has 1 unspecified atom stereocenters. The highest BCUT2D eigenvalue weighted by atomic mass is 16.5. The molecule has 1 aliphatic rings. The second-order valence-corrected chi connectivity index (χ2v) is 7.49. The zero-order chi connectivity index (χ0) is 20.5. The molecule has 4 rings (SSSR count). The van der Waals surface area contributed by atoms with Crippen molar-refractivity contribution in [1.29, 1.82) is 0 Å². The van der Waals surface area contributed by atoms with Crippen LogP contribution in [0, 0.1) is 6.92 Å². The summed E-state index contributed by atoms with van der Waals surface area (Å²) in [6.45, 7) is 4.86. The second kappa shape index (κ2) is 7.66. The molecular weight excluding hydrogens is 368 g/mol. The Bertz CT molecular complexity index is 1090. The predicted octanol–water partition coefficient (Wildman–Crippen LogP) is 3.21. The van der Waals surface area contributed by atoms with E-state index in [4.69, 9.17) is 15.2 Å². The summed E-state index contributed by atoms with van der Waals surface area (Å²) in [5.74, 6) is -0.0158. The minimum Gasteiger partial charge on any atom is -0.366 e. The number of nitrogens with zero attached hydrogens (tertiary/aromatic N) is 3. The van der Waals surface area contributed by atoms with Gasteiger partial charge in [-0.1, -0.05) is 30.3 Å². The Morgan fingerprint density at radius 1 is 1.31 bits per heavy atom. The van der Waals surface area contributed by atoms with Crippen LogP contribution in [0.1, 0.15) is 63.5 Å². The third-order valence-corrected chi connectivity index (χ3v) is 5.58. The largest absolute Gasteiger partial charge is 0.366 e. The zero-order valence-electron chi connectivity index (χ0n) is 16.6. The van der Waals surface area contributed by atoms with E-state index in [0.717, 1.165) is 23.7 Å². The lowest BCUT2D eigenvalue weighted by atomic mass is 9.90. The lowest BCUT2D eigenvalue weighted by molar-refractivity contribution is 0.0703. The van der Waals surface area contributed by atoms with Crippen LogP contribution in [0.4, 0.5) is 0 Å². The van der Waals surface area contributed by atoms with Crippen molar-refractivity contribution in [1.82, 2.24) is 15.0 Å². The maximum Gasteiger partial charge on any atom is 0.259 e. The quantitative estimate of drug-likeness (QED) is 0.734. The summed E-state index contributed by atoms with van der Waals surface area (Å²) in [4.78, 5) is 31.9. The van der Waals surface area contributed by atoms with E-state index in [0.29, 0.717) is 47.8 Å². The van der Waals surface area contributed by atoms with Gasteiger partial charge in [0.05, 0.1) is 22.5 Å². The molecule has 0 bridgehead atoms. The van der Waals surface area contributed by atoms with E-state index >= 15 is 0 Å². The molecule has 0 radical (unpaired) electrons. The minimum absolute atomic E-state index is 0.0509. The third-order valence-electron chi connectivity index (χ3n) is 5.58. The number of piperidine rings is 1. The predicted molar refractivity (Wildman–Crippen MR) is 109 cm³/mol. The average molecular weight is 392 g/mol. The normalized spacial score (nSPS) is 16.9. The van der Waals surface area contributed by atoms with Gasteiger partial charge in [-0.2, -0.15) is 0 Å². The summed E-state index contributed by atoms with van der Waals surface area (Å²) in [6, 6.07) is 9.46. The fourth-order valence-electron chi connectivity index (χ4n) is 4.11. The van der Waals surface area contributed by atoms with Gasteiger partial charge in [0.1, 0.15) is 11.3 Å². The molecule has 1 fully saturated rings. The number of benzene rings is 1. The smallest absolute Gasteiger partial charge is 0.259 e. The van der Waals surface area contributed by atoms with E-state index in [1.54, 1.807) is 13.0 Å². The van der Waals surface area contributed by atoms with Crippen molar-refractivity contribution in [3.05, 3.63) is 58.6 Å². The molecular formula is C22H24N4O3. The molecule has 2 N–H and O–H groups in total. The molecule has 3 heterocycles. The van der Waals surface area contributed by atoms with Crippen LogP contribution in [0.3, 0.4) is 0 Å². The molecule has 0 saturated carbocycles. The molecule has 2 aromatic heterocycles. The Kier molecular flexibility index (Phi) is 5.05. The highest BCUT2D eigenvalue weighted by molar-refractivity contribution is 5.98. The van der Waals surface area contributed by atoms with Crippen molar-refractivity contribution in [2.24, 2.45) is 5.73 Å². The van der Waals surface area contributed by atoms with E-state index in [9.17, 15) is 9.59 Å². The maximum atomic E-state index is 13.2. The molecule has 1 aliphatic heterocycles. The van der Waals surface area contributed by atoms with Crippen LogP contribution in [-0.2, 0) is 6.42 Å². The number of aryl methyl sites for hydroxylation is 2. The number of pyridine rings is 1. The number of para-hydroxylation sites is 1. The van der Waals surface area contributed by atoms with Gasteiger partial charge >= 0.3 is 0 Å². The monoisotopic (exact) mass is 392 g/mol. The number of rotatable bonds is 4. The number of nitrogens with two attached hydrogens (primary N) is 1. The SMILES string of the molecule is CCc1onc(C)c1C(=O)N1CCCC(c2nc3ccccc3cc2C(N)=O)C1. The van der Waals surface area contributed by atoms with Crippen LogP contribution in [0.15, 0.2) is 34.9 Å². The molecule has 0 aliphatic carbocycles. The van der Waals surface area contributed by atoms with Gasteiger partial charge in [-0.05, 0) is 31.9 Å². The summed E-state index contributed by atoms with van der Waals surface area (Å²) in [7, 11) is 0. The van der Waals surface area contributed by atoms with Crippen LogP contribution >= 0.6 is 0 Å². The summed E-state index contributed by atoms with van der Waals surface area (Å²) in [5, 5.41) is 4.83.